The monoisotopic (exact) mass is 602 g/mol. The molecule has 0 unspecified atom stereocenters. The lowest BCUT2D eigenvalue weighted by Gasteiger charge is -2.28. The van der Waals surface area contributed by atoms with Crippen molar-refractivity contribution in [1.82, 2.24) is 41.7 Å². The molecule has 3 aromatic carbocycles. The topological polar surface area (TPSA) is 78.7 Å². The van der Waals surface area contributed by atoms with Gasteiger partial charge in [0.25, 0.3) is 0 Å². The highest BCUT2D eigenvalue weighted by Crippen LogP contribution is 2.34. The lowest BCUT2D eigenvalue weighted by atomic mass is 9.91. The molecule has 0 atom stereocenters. The smallest absolute Gasteiger partial charge is 0.0246 e. The number of hydrogen-bond acceptors (Lipinski definition) is 8. The average Bonchev–Trinajstić information content (AvgIpc) is 3.05. The molecule has 0 aromatic heterocycles. The van der Waals surface area contributed by atoms with Crippen LogP contribution < -0.4 is 31.9 Å². The standard InChI is InChI=1S/C36H58N8/c1-2-10-32-31(9-1)35(29-43-25-7-17-39-21-19-37-13-5-15-41-23-27-43)33-11-3-4-12-34(33)36(32)30-44-26-8-18-40-22-20-38-14-6-16-42-24-28-44/h1-4,9-12,37-42H,5-8,13-30H2. The maximum Gasteiger partial charge on any atom is 0.0246 e. The number of nitrogens with one attached hydrogen (secondary N) is 6. The van der Waals surface area contributed by atoms with Gasteiger partial charge in [-0.15, -0.1) is 0 Å². The Bertz CT molecular complexity index is 1050. The zero-order valence-electron chi connectivity index (χ0n) is 27.1. The molecule has 8 heteroatoms. The Morgan fingerprint density at radius 1 is 0.364 bits per heavy atom. The van der Waals surface area contributed by atoms with E-state index in [1.54, 1.807) is 0 Å². The molecule has 2 saturated heterocycles. The molecule has 0 radical (unpaired) electrons. The summed E-state index contributed by atoms with van der Waals surface area (Å²) in [6, 6.07) is 18.4. The minimum Gasteiger partial charge on any atom is -0.315 e. The van der Waals surface area contributed by atoms with Crippen molar-refractivity contribution in [3.8, 4) is 0 Å². The summed E-state index contributed by atoms with van der Waals surface area (Å²) < 4.78 is 0. The predicted molar refractivity (Wildman–Crippen MR) is 188 cm³/mol. The molecule has 0 bridgehead atoms. The van der Waals surface area contributed by atoms with Crippen molar-refractivity contribution in [3.05, 3.63) is 59.7 Å². The van der Waals surface area contributed by atoms with Crippen LogP contribution in [0.2, 0.25) is 0 Å². The summed E-state index contributed by atoms with van der Waals surface area (Å²) in [5.74, 6) is 0. The Balaban J connectivity index is 1.39. The third-order valence-corrected chi connectivity index (χ3v) is 9.15. The van der Waals surface area contributed by atoms with Gasteiger partial charge in [0.2, 0.25) is 0 Å². The van der Waals surface area contributed by atoms with E-state index >= 15 is 0 Å². The van der Waals surface area contributed by atoms with Gasteiger partial charge in [-0.1, -0.05) is 48.5 Å². The van der Waals surface area contributed by atoms with Crippen LogP contribution in [0.4, 0.5) is 0 Å². The first-order valence-electron chi connectivity index (χ1n) is 17.5. The van der Waals surface area contributed by atoms with Crippen molar-refractivity contribution in [1.29, 1.82) is 0 Å². The maximum absolute atomic E-state index is 3.70. The third kappa shape index (κ3) is 10.5. The SMILES string of the molecule is c1ccc2c(CN3CCCNCCNCCCNCC3)c3ccccc3c(CN3CCCNCCNCCCNCC3)c2c1. The first kappa shape index (κ1) is 33.2. The fourth-order valence-corrected chi connectivity index (χ4v) is 6.75. The van der Waals surface area contributed by atoms with E-state index in [2.05, 4.69) is 90.2 Å². The fourth-order valence-electron chi connectivity index (χ4n) is 6.75. The van der Waals surface area contributed by atoms with E-state index in [9.17, 15) is 0 Å². The van der Waals surface area contributed by atoms with Crippen molar-refractivity contribution < 1.29 is 0 Å². The molecule has 242 valence electrons. The summed E-state index contributed by atoms with van der Waals surface area (Å²) in [7, 11) is 0. The molecule has 3 aromatic rings. The van der Waals surface area contributed by atoms with Crippen LogP contribution in [-0.2, 0) is 13.1 Å². The van der Waals surface area contributed by atoms with E-state index in [1.165, 1.54) is 58.4 Å². The zero-order chi connectivity index (χ0) is 30.1. The third-order valence-electron chi connectivity index (χ3n) is 9.15. The lowest BCUT2D eigenvalue weighted by molar-refractivity contribution is 0.260. The minimum absolute atomic E-state index is 0.985. The van der Waals surface area contributed by atoms with Gasteiger partial charge < -0.3 is 31.9 Å². The van der Waals surface area contributed by atoms with Gasteiger partial charge in [0.15, 0.2) is 0 Å². The molecular formula is C36H58N8. The van der Waals surface area contributed by atoms with Crippen LogP contribution in [0.3, 0.4) is 0 Å². The molecule has 44 heavy (non-hydrogen) atoms. The summed E-state index contributed by atoms with van der Waals surface area (Å²) in [5, 5.41) is 27.4. The molecule has 8 nitrogen and oxygen atoms in total. The zero-order valence-corrected chi connectivity index (χ0v) is 27.1. The Morgan fingerprint density at radius 2 is 0.682 bits per heavy atom. The Morgan fingerprint density at radius 3 is 1.05 bits per heavy atom. The van der Waals surface area contributed by atoms with Crippen molar-refractivity contribution in [3.63, 3.8) is 0 Å². The van der Waals surface area contributed by atoms with Crippen LogP contribution in [0.5, 0.6) is 0 Å². The number of hydrogen-bond donors (Lipinski definition) is 6. The van der Waals surface area contributed by atoms with Crippen LogP contribution in [0, 0.1) is 0 Å². The number of rotatable bonds is 4. The van der Waals surface area contributed by atoms with E-state index in [1.807, 2.05) is 0 Å². The Labute approximate surface area is 266 Å². The second-order valence-corrected chi connectivity index (χ2v) is 12.5. The van der Waals surface area contributed by atoms with Gasteiger partial charge in [0, 0.05) is 65.4 Å². The molecule has 6 N–H and O–H groups in total. The molecule has 2 heterocycles. The first-order valence-corrected chi connectivity index (χ1v) is 17.5. The van der Waals surface area contributed by atoms with Gasteiger partial charge in [0.05, 0.1) is 0 Å². The minimum atomic E-state index is 0.985. The maximum atomic E-state index is 3.70. The second-order valence-electron chi connectivity index (χ2n) is 12.5. The van der Waals surface area contributed by atoms with Crippen LogP contribution in [0.25, 0.3) is 21.5 Å². The number of nitrogens with zero attached hydrogens (tertiary/aromatic N) is 2. The van der Waals surface area contributed by atoms with Crippen molar-refractivity contribution in [2.45, 2.75) is 38.8 Å². The highest BCUT2D eigenvalue weighted by atomic mass is 15.1. The van der Waals surface area contributed by atoms with Gasteiger partial charge in [-0.25, -0.2) is 0 Å². The summed E-state index contributed by atoms with van der Waals surface area (Å²) in [5.41, 5.74) is 2.97. The highest BCUT2D eigenvalue weighted by molar-refractivity contribution is 6.05. The molecule has 5 rings (SSSR count). The summed E-state index contributed by atoms with van der Waals surface area (Å²) in [6.07, 6.45) is 4.69. The molecule has 0 aliphatic carbocycles. The number of benzene rings is 3. The normalized spacial score (nSPS) is 21.1. The van der Waals surface area contributed by atoms with E-state index in [0.717, 1.165) is 118 Å². The van der Waals surface area contributed by atoms with E-state index in [-0.39, 0.29) is 0 Å². The molecule has 2 aliphatic heterocycles. The first-order chi connectivity index (χ1) is 21.9. The van der Waals surface area contributed by atoms with Gasteiger partial charge >= 0.3 is 0 Å². The fraction of sp³-hybridized carbons (Fsp3) is 0.611. The molecule has 2 aliphatic rings. The Hall–Kier alpha value is -2.14. The summed E-state index contributed by atoms with van der Waals surface area (Å²) >= 11 is 0. The average molecular weight is 603 g/mol. The molecule has 0 saturated carbocycles. The van der Waals surface area contributed by atoms with Crippen molar-refractivity contribution in [2.24, 2.45) is 0 Å². The van der Waals surface area contributed by atoms with Gasteiger partial charge in [-0.05, 0) is 111 Å². The second kappa shape index (κ2) is 19.4. The molecular weight excluding hydrogens is 544 g/mol. The van der Waals surface area contributed by atoms with Crippen LogP contribution in [0.15, 0.2) is 48.5 Å². The summed E-state index contributed by atoms with van der Waals surface area (Å²) in [6.45, 7) is 19.1. The van der Waals surface area contributed by atoms with Crippen LogP contribution in [-0.4, -0.2) is 115 Å². The molecule has 2 fully saturated rings. The molecule has 0 spiro atoms. The number of fused-ring (bicyclic) bond motifs is 2. The molecule has 0 amide bonds. The Kier molecular flexibility index (Phi) is 14.6. The van der Waals surface area contributed by atoms with Crippen LogP contribution in [0.1, 0.15) is 36.8 Å². The quantitative estimate of drug-likeness (QED) is 0.255. The van der Waals surface area contributed by atoms with E-state index in [4.69, 9.17) is 0 Å². The van der Waals surface area contributed by atoms with Crippen molar-refractivity contribution >= 4 is 21.5 Å². The summed E-state index contributed by atoms with van der Waals surface area (Å²) in [4.78, 5) is 5.36. The van der Waals surface area contributed by atoms with Gasteiger partial charge in [-0.3, -0.25) is 9.80 Å². The lowest BCUT2D eigenvalue weighted by Crippen LogP contribution is -2.37. The van der Waals surface area contributed by atoms with E-state index in [0.29, 0.717) is 0 Å². The van der Waals surface area contributed by atoms with E-state index < -0.39 is 0 Å². The van der Waals surface area contributed by atoms with Gasteiger partial charge in [0.1, 0.15) is 0 Å². The largest absolute Gasteiger partial charge is 0.315 e. The van der Waals surface area contributed by atoms with Crippen molar-refractivity contribution in [2.75, 3.05) is 105 Å². The predicted octanol–water partition coefficient (Wildman–Crippen LogP) is 2.72. The van der Waals surface area contributed by atoms with Gasteiger partial charge in [-0.2, -0.15) is 0 Å². The highest BCUT2D eigenvalue weighted by Gasteiger charge is 2.18. The van der Waals surface area contributed by atoms with Crippen LogP contribution >= 0.6 is 0 Å².